The molecule has 43 heavy (non-hydrogen) atoms. The molecule has 2 aromatic rings. The number of rotatable bonds is 27. The molecule has 0 radical (unpaired) electrons. The standard InChI is InChI=1S/C33H50N2O8/c1-3-4-8-29-10-12-30(13-11-29)34-35-31-14-16-32(17-15-31)42-18-7-5-6-9-33(36)43-28-27-41-26-25-40-24-23-39-22-21-38-20-19-37-2/h10-17H,3-9,18-28H2,1-2H3. The Labute approximate surface area is 257 Å². The summed E-state index contributed by atoms with van der Waals surface area (Å²) in [5.74, 6) is 0.582. The summed E-state index contributed by atoms with van der Waals surface area (Å²) in [6.07, 6.45) is 6.39. The average molecular weight is 603 g/mol. The van der Waals surface area contributed by atoms with Crippen molar-refractivity contribution in [2.45, 2.75) is 51.9 Å². The van der Waals surface area contributed by atoms with Crippen LogP contribution in [0.5, 0.6) is 5.75 Å². The number of aryl methyl sites for hydroxylation is 1. The highest BCUT2D eigenvalue weighted by molar-refractivity contribution is 5.69. The van der Waals surface area contributed by atoms with Crippen LogP contribution in [0.4, 0.5) is 11.4 Å². The van der Waals surface area contributed by atoms with Gasteiger partial charge in [-0.3, -0.25) is 4.79 Å². The Balaban J connectivity index is 1.38. The van der Waals surface area contributed by atoms with Crippen molar-refractivity contribution in [1.29, 1.82) is 0 Å². The quantitative estimate of drug-likeness (QED) is 0.0637. The summed E-state index contributed by atoms with van der Waals surface area (Å²) in [6.45, 7) is 7.52. The molecule has 0 aliphatic rings. The van der Waals surface area contributed by atoms with Crippen molar-refractivity contribution in [2.24, 2.45) is 10.2 Å². The first-order valence-corrected chi connectivity index (χ1v) is 15.4. The molecule has 10 heteroatoms. The topological polar surface area (TPSA) is 106 Å². The first kappa shape index (κ1) is 36.3. The second-order valence-corrected chi connectivity index (χ2v) is 9.79. The SMILES string of the molecule is CCCCc1ccc(N=Nc2ccc(OCCCCCC(=O)OCCOCCOCCOCCOCCOC)cc2)cc1. The summed E-state index contributed by atoms with van der Waals surface area (Å²) in [6, 6.07) is 15.8. The van der Waals surface area contributed by atoms with Crippen molar-refractivity contribution < 1.29 is 38.0 Å². The zero-order valence-electron chi connectivity index (χ0n) is 26.0. The molecular formula is C33H50N2O8. The molecule has 0 bridgehead atoms. The number of nitrogens with zero attached hydrogens (tertiary/aromatic N) is 2. The maximum Gasteiger partial charge on any atom is 0.305 e. The van der Waals surface area contributed by atoms with Crippen LogP contribution < -0.4 is 4.74 Å². The monoisotopic (exact) mass is 602 g/mol. The highest BCUT2D eigenvalue weighted by Crippen LogP contribution is 2.22. The van der Waals surface area contributed by atoms with E-state index in [-0.39, 0.29) is 12.6 Å². The van der Waals surface area contributed by atoms with Crippen LogP contribution in [-0.2, 0) is 39.6 Å². The summed E-state index contributed by atoms with van der Waals surface area (Å²) in [5.41, 5.74) is 2.95. The van der Waals surface area contributed by atoms with Crippen LogP contribution in [0.25, 0.3) is 0 Å². The Bertz CT molecular complexity index is 970. The van der Waals surface area contributed by atoms with Crippen molar-refractivity contribution in [2.75, 3.05) is 79.8 Å². The molecule has 0 unspecified atom stereocenters. The van der Waals surface area contributed by atoms with Crippen molar-refractivity contribution in [1.82, 2.24) is 0 Å². The van der Waals surface area contributed by atoms with Crippen LogP contribution >= 0.6 is 0 Å². The third kappa shape index (κ3) is 19.8. The number of carbonyl (C=O) groups excluding carboxylic acids is 1. The van der Waals surface area contributed by atoms with Gasteiger partial charge in [0.25, 0.3) is 0 Å². The first-order chi connectivity index (χ1) is 21.2. The predicted molar refractivity (Wildman–Crippen MR) is 166 cm³/mol. The minimum Gasteiger partial charge on any atom is -0.494 e. The molecule has 0 atom stereocenters. The molecule has 0 fully saturated rings. The lowest BCUT2D eigenvalue weighted by Crippen LogP contribution is -2.14. The summed E-state index contributed by atoms with van der Waals surface area (Å²) < 4.78 is 37.4. The van der Waals surface area contributed by atoms with Crippen LogP contribution in [0.15, 0.2) is 58.8 Å². The second-order valence-electron chi connectivity index (χ2n) is 9.79. The van der Waals surface area contributed by atoms with Gasteiger partial charge >= 0.3 is 5.97 Å². The zero-order chi connectivity index (χ0) is 30.6. The smallest absolute Gasteiger partial charge is 0.305 e. The predicted octanol–water partition coefficient (Wildman–Crippen LogP) is 6.64. The largest absolute Gasteiger partial charge is 0.494 e. The van der Waals surface area contributed by atoms with Crippen molar-refractivity contribution in [3.05, 3.63) is 54.1 Å². The van der Waals surface area contributed by atoms with Crippen molar-refractivity contribution in [3.8, 4) is 5.75 Å². The van der Waals surface area contributed by atoms with E-state index in [0.29, 0.717) is 72.5 Å². The van der Waals surface area contributed by atoms with Gasteiger partial charge in [0, 0.05) is 13.5 Å². The Morgan fingerprint density at radius 1 is 0.605 bits per heavy atom. The molecule has 0 N–H and O–H groups in total. The molecular weight excluding hydrogens is 552 g/mol. The molecule has 240 valence electrons. The third-order valence-corrected chi connectivity index (χ3v) is 6.21. The van der Waals surface area contributed by atoms with Crippen LogP contribution in [0.2, 0.25) is 0 Å². The fourth-order valence-electron chi connectivity index (χ4n) is 3.76. The van der Waals surface area contributed by atoms with Crippen LogP contribution in [0.3, 0.4) is 0 Å². The summed E-state index contributed by atoms with van der Waals surface area (Å²) in [5, 5.41) is 8.63. The summed E-state index contributed by atoms with van der Waals surface area (Å²) in [4.78, 5) is 11.9. The molecule has 0 aliphatic carbocycles. The number of unbranched alkanes of at least 4 members (excludes halogenated alkanes) is 3. The average Bonchev–Trinajstić information content (AvgIpc) is 3.03. The van der Waals surface area contributed by atoms with Gasteiger partial charge in [-0.15, -0.1) is 0 Å². The normalized spacial score (nSPS) is 11.3. The summed E-state index contributed by atoms with van der Waals surface area (Å²) >= 11 is 0. The van der Waals surface area contributed by atoms with E-state index in [1.807, 2.05) is 36.4 Å². The molecule has 2 aromatic carbocycles. The van der Waals surface area contributed by atoms with E-state index >= 15 is 0 Å². The maximum atomic E-state index is 11.9. The Morgan fingerprint density at radius 3 is 1.70 bits per heavy atom. The number of benzene rings is 2. The molecule has 0 saturated carbocycles. The zero-order valence-corrected chi connectivity index (χ0v) is 26.0. The Hall–Kier alpha value is -2.89. The van der Waals surface area contributed by atoms with Crippen LogP contribution in [0, 0.1) is 0 Å². The van der Waals surface area contributed by atoms with Gasteiger partial charge < -0.3 is 33.2 Å². The maximum absolute atomic E-state index is 11.9. The molecule has 0 aliphatic heterocycles. The van der Waals surface area contributed by atoms with Gasteiger partial charge in [0.2, 0.25) is 0 Å². The van der Waals surface area contributed by atoms with Gasteiger partial charge in [0.1, 0.15) is 12.4 Å². The van der Waals surface area contributed by atoms with Crippen LogP contribution in [0.1, 0.15) is 51.0 Å². The van der Waals surface area contributed by atoms with Gasteiger partial charge in [-0.05, 0) is 74.1 Å². The first-order valence-electron chi connectivity index (χ1n) is 15.4. The molecule has 2 rings (SSSR count). The molecule has 10 nitrogen and oxygen atoms in total. The highest BCUT2D eigenvalue weighted by atomic mass is 16.6. The number of carbonyl (C=O) groups is 1. The number of azo groups is 1. The van der Waals surface area contributed by atoms with Crippen molar-refractivity contribution in [3.63, 3.8) is 0 Å². The minimum atomic E-state index is -0.207. The van der Waals surface area contributed by atoms with Crippen LogP contribution in [-0.4, -0.2) is 85.8 Å². The third-order valence-electron chi connectivity index (χ3n) is 6.21. The van der Waals surface area contributed by atoms with E-state index in [0.717, 1.165) is 42.8 Å². The molecule has 0 saturated heterocycles. The van der Waals surface area contributed by atoms with Gasteiger partial charge in [-0.25, -0.2) is 0 Å². The van der Waals surface area contributed by atoms with Gasteiger partial charge in [-0.1, -0.05) is 25.5 Å². The molecule has 0 aromatic heterocycles. The van der Waals surface area contributed by atoms with E-state index in [2.05, 4.69) is 29.3 Å². The lowest BCUT2D eigenvalue weighted by molar-refractivity contribution is -0.145. The highest BCUT2D eigenvalue weighted by Gasteiger charge is 2.03. The number of hydrogen-bond donors (Lipinski definition) is 0. The minimum absolute atomic E-state index is 0.207. The fourth-order valence-corrected chi connectivity index (χ4v) is 3.76. The van der Waals surface area contributed by atoms with E-state index in [9.17, 15) is 4.79 Å². The second kappa shape index (κ2) is 25.6. The van der Waals surface area contributed by atoms with E-state index < -0.39 is 0 Å². The van der Waals surface area contributed by atoms with E-state index in [1.165, 1.54) is 18.4 Å². The lowest BCUT2D eigenvalue weighted by Gasteiger charge is -2.08. The fraction of sp³-hybridized carbons (Fsp3) is 0.606. The molecule has 0 amide bonds. The Morgan fingerprint density at radius 2 is 1.14 bits per heavy atom. The Kier molecular flexibility index (Phi) is 21.6. The van der Waals surface area contributed by atoms with Gasteiger partial charge in [-0.2, -0.15) is 10.2 Å². The van der Waals surface area contributed by atoms with Gasteiger partial charge in [0.15, 0.2) is 0 Å². The lowest BCUT2D eigenvalue weighted by atomic mass is 10.1. The van der Waals surface area contributed by atoms with Gasteiger partial charge in [0.05, 0.1) is 77.4 Å². The molecule has 0 heterocycles. The number of hydrogen-bond acceptors (Lipinski definition) is 10. The van der Waals surface area contributed by atoms with E-state index in [4.69, 9.17) is 33.2 Å². The number of methoxy groups -OCH3 is 1. The number of esters is 1. The van der Waals surface area contributed by atoms with E-state index in [1.54, 1.807) is 7.11 Å². The molecule has 0 spiro atoms. The van der Waals surface area contributed by atoms with Crippen molar-refractivity contribution >= 4 is 17.3 Å². The number of ether oxygens (including phenoxy) is 7. The summed E-state index contributed by atoms with van der Waals surface area (Å²) in [7, 11) is 1.64.